The van der Waals surface area contributed by atoms with Crippen LogP contribution in [0.5, 0.6) is 0 Å². The van der Waals surface area contributed by atoms with Crippen LogP contribution < -0.4 is 0 Å². The fourth-order valence-electron chi connectivity index (χ4n) is 1.72. The number of carbonyl (C=O) groups is 1. The van der Waals surface area contributed by atoms with Gasteiger partial charge in [-0.05, 0) is 19.8 Å². The summed E-state index contributed by atoms with van der Waals surface area (Å²) in [4.78, 5) is 11.2. The number of hydrogen-bond donors (Lipinski definition) is 1. The number of unbranched alkanes of at least 4 members (excludes halogenated alkanes) is 1. The largest absolute Gasteiger partial charge is 0.462 e. The van der Waals surface area contributed by atoms with Crippen LogP contribution in [0.25, 0.3) is 0 Å². The summed E-state index contributed by atoms with van der Waals surface area (Å²) < 4.78 is 35.5. The first kappa shape index (κ1) is 19.1. The predicted molar refractivity (Wildman–Crippen MR) is 77.9 cm³/mol. The molecular formula is C13H26NO5S+. The number of ether oxygens (including phenoxy) is 1. The Morgan fingerprint density at radius 3 is 2.25 bits per heavy atom. The molecule has 0 aromatic rings. The smallest absolute Gasteiger partial charge is 0.333 e. The molecule has 1 N–H and O–H groups in total. The Morgan fingerprint density at radius 2 is 1.75 bits per heavy atom. The second kappa shape index (κ2) is 8.39. The summed E-state index contributed by atoms with van der Waals surface area (Å²) in [6.45, 7) is 7.11. The number of hydrogen-bond acceptors (Lipinski definition) is 4. The average molecular weight is 308 g/mol. The van der Waals surface area contributed by atoms with Crippen LogP contribution in [0.4, 0.5) is 0 Å². The Labute approximate surface area is 121 Å². The Kier molecular flexibility index (Phi) is 8.00. The van der Waals surface area contributed by atoms with Gasteiger partial charge in [-0.15, -0.1) is 0 Å². The molecule has 0 radical (unpaired) electrons. The third-order valence-corrected chi connectivity index (χ3v) is 3.71. The molecule has 6 nitrogen and oxygen atoms in total. The molecule has 0 fully saturated rings. The van der Waals surface area contributed by atoms with E-state index in [0.717, 1.165) is 30.4 Å². The third kappa shape index (κ3) is 11.0. The van der Waals surface area contributed by atoms with Crippen molar-refractivity contribution in [1.29, 1.82) is 0 Å². The summed E-state index contributed by atoms with van der Waals surface area (Å²) in [5.74, 6) is -0.563. The molecule has 7 heteroatoms. The molecule has 0 saturated carbocycles. The summed E-state index contributed by atoms with van der Waals surface area (Å²) in [6.07, 6.45) is 1.91. The lowest BCUT2D eigenvalue weighted by Gasteiger charge is -2.29. The van der Waals surface area contributed by atoms with Gasteiger partial charge in [0, 0.05) is 12.0 Å². The maximum atomic E-state index is 11.2. The molecule has 20 heavy (non-hydrogen) atoms. The highest BCUT2D eigenvalue weighted by molar-refractivity contribution is 7.85. The Balaban J connectivity index is 3.79. The Hall–Kier alpha value is -0.920. The average Bonchev–Trinajstić information content (AvgIpc) is 2.29. The van der Waals surface area contributed by atoms with Crippen LogP contribution in [0.15, 0.2) is 12.2 Å². The first-order valence-corrected chi connectivity index (χ1v) is 8.24. The van der Waals surface area contributed by atoms with Gasteiger partial charge < -0.3 is 9.22 Å². The number of rotatable bonds is 10. The van der Waals surface area contributed by atoms with Crippen LogP contribution >= 0.6 is 0 Å². The van der Waals surface area contributed by atoms with Crippen molar-refractivity contribution in [3.05, 3.63) is 12.2 Å². The minimum absolute atomic E-state index is 0.191. The maximum Gasteiger partial charge on any atom is 0.333 e. The minimum atomic E-state index is -3.85. The lowest BCUT2D eigenvalue weighted by atomic mass is 10.2. The summed E-state index contributed by atoms with van der Waals surface area (Å²) in [5, 5.41) is 0. The summed E-state index contributed by atoms with van der Waals surface area (Å²) >= 11 is 0. The van der Waals surface area contributed by atoms with Crippen molar-refractivity contribution >= 4 is 16.1 Å². The van der Waals surface area contributed by atoms with Crippen molar-refractivity contribution in [2.24, 2.45) is 0 Å². The van der Waals surface area contributed by atoms with Crippen LogP contribution in [0.3, 0.4) is 0 Å². The first-order chi connectivity index (χ1) is 9.03. The van der Waals surface area contributed by atoms with Gasteiger partial charge in [-0.3, -0.25) is 4.55 Å². The molecule has 0 aromatic heterocycles. The van der Waals surface area contributed by atoms with Crippen molar-refractivity contribution in [3.8, 4) is 0 Å². The SMILES string of the molecule is C=C(C)C(=O)OCCC[N+](C)(C)CCCCS(=O)(=O)O. The van der Waals surface area contributed by atoms with E-state index in [1.54, 1.807) is 6.92 Å². The zero-order chi connectivity index (χ0) is 15.8. The van der Waals surface area contributed by atoms with Gasteiger partial charge in [0.2, 0.25) is 0 Å². The van der Waals surface area contributed by atoms with Crippen LogP contribution in [0, 0.1) is 0 Å². The predicted octanol–water partition coefficient (Wildman–Crippen LogP) is 1.24. The highest BCUT2D eigenvalue weighted by atomic mass is 32.2. The molecule has 0 unspecified atom stereocenters. The molecule has 0 aromatic carbocycles. The van der Waals surface area contributed by atoms with Gasteiger partial charge in [-0.25, -0.2) is 4.79 Å². The van der Waals surface area contributed by atoms with E-state index >= 15 is 0 Å². The lowest BCUT2D eigenvalue weighted by molar-refractivity contribution is -0.890. The zero-order valence-electron chi connectivity index (χ0n) is 12.6. The topological polar surface area (TPSA) is 80.7 Å². The summed E-state index contributed by atoms with van der Waals surface area (Å²) in [7, 11) is 0.218. The minimum Gasteiger partial charge on any atom is -0.462 e. The van der Waals surface area contributed by atoms with Crippen molar-refractivity contribution < 1.29 is 27.0 Å². The molecule has 0 aliphatic carbocycles. The molecule has 0 rings (SSSR count). The molecule has 0 saturated heterocycles. The molecule has 0 heterocycles. The highest BCUT2D eigenvalue weighted by Crippen LogP contribution is 2.05. The van der Waals surface area contributed by atoms with Gasteiger partial charge in [-0.1, -0.05) is 6.58 Å². The summed E-state index contributed by atoms with van der Waals surface area (Å²) in [5.41, 5.74) is 0.393. The van der Waals surface area contributed by atoms with E-state index in [2.05, 4.69) is 6.58 Å². The maximum absolute atomic E-state index is 11.2. The second-order valence-electron chi connectivity index (χ2n) is 5.65. The van der Waals surface area contributed by atoms with Gasteiger partial charge in [0.1, 0.15) is 0 Å². The number of nitrogens with zero attached hydrogens (tertiary/aromatic N) is 1. The van der Waals surface area contributed by atoms with E-state index in [1.165, 1.54) is 0 Å². The van der Waals surface area contributed by atoms with Crippen molar-refractivity contribution in [3.63, 3.8) is 0 Å². The van der Waals surface area contributed by atoms with E-state index < -0.39 is 10.1 Å². The van der Waals surface area contributed by atoms with Gasteiger partial charge in [-0.2, -0.15) is 8.42 Å². The fraction of sp³-hybridized carbons (Fsp3) is 0.769. The van der Waals surface area contributed by atoms with Gasteiger partial charge in [0.15, 0.2) is 0 Å². The molecular weight excluding hydrogens is 282 g/mol. The molecule has 0 amide bonds. The normalized spacial score (nSPS) is 12.2. The number of esters is 1. The molecule has 0 aliphatic heterocycles. The van der Waals surface area contributed by atoms with Crippen LogP contribution in [-0.2, 0) is 19.6 Å². The van der Waals surface area contributed by atoms with E-state index in [0.29, 0.717) is 18.6 Å². The standard InChI is InChI=1S/C13H25NO5S/c1-12(2)13(15)19-10-7-9-14(3,4)8-5-6-11-20(16,17)18/h1,5-11H2,2-4H3/p+1. The molecule has 0 spiro atoms. The van der Waals surface area contributed by atoms with Gasteiger partial charge in [0.05, 0.1) is 39.5 Å². The third-order valence-electron chi connectivity index (χ3n) is 2.91. The molecule has 0 bridgehead atoms. The Bertz CT molecular complexity index is 428. The van der Waals surface area contributed by atoms with Crippen molar-refractivity contribution in [2.75, 3.05) is 39.5 Å². The number of quaternary nitrogens is 1. The quantitative estimate of drug-likeness (QED) is 0.216. The monoisotopic (exact) mass is 308 g/mol. The van der Waals surface area contributed by atoms with E-state index in [4.69, 9.17) is 9.29 Å². The van der Waals surface area contributed by atoms with Crippen molar-refractivity contribution in [2.45, 2.75) is 26.2 Å². The molecule has 0 aliphatic rings. The van der Waals surface area contributed by atoms with Gasteiger partial charge >= 0.3 is 5.97 Å². The van der Waals surface area contributed by atoms with Crippen LogP contribution in [0.2, 0.25) is 0 Å². The number of carbonyl (C=O) groups excluding carboxylic acids is 1. The van der Waals surface area contributed by atoms with E-state index in [1.807, 2.05) is 14.1 Å². The fourth-order valence-corrected chi connectivity index (χ4v) is 2.29. The first-order valence-electron chi connectivity index (χ1n) is 6.63. The second-order valence-corrected chi connectivity index (χ2v) is 7.22. The summed E-state index contributed by atoms with van der Waals surface area (Å²) in [6, 6.07) is 0. The molecule has 118 valence electrons. The van der Waals surface area contributed by atoms with Crippen LogP contribution in [0.1, 0.15) is 26.2 Å². The van der Waals surface area contributed by atoms with E-state index in [-0.39, 0.29) is 11.7 Å². The highest BCUT2D eigenvalue weighted by Gasteiger charge is 2.15. The zero-order valence-corrected chi connectivity index (χ0v) is 13.4. The lowest BCUT2D eigenvalue weighted by Crippen LogP contribution is -2.41. The van der Waals surface area contributed by atoms with E-state index in [9.17, 15) is 13.2 Å². The Morgan fingerprint density at radius 1 is 1.20 bits per heavy atom. The van der Waals surface area contributed by atoms with Crippen LogP contribution in [-0.4, -0.2) is 63.0 Å². The van der Waals surface area contributed by atoms with Gasteiger partial charge in [0.25, 0.3) is 10.1 Å². The molecule has 0 atom stereocenters. The van der Waals surface area contributed by atoms with Crippen molar-refractivity contribution in [1.82, 2.24) is 0 Å².